The first-order chi connectivity index (χ1) is 18.0. The van der Waals surface area contributed by atoms with Gasteiger partial charge in [-0.1, -0.05) is 18.2 Å². The summed E-state index contributed by atoms with van der Waals surface area (Å²) in [5, 5.41) is 3.10. The van der Waals surface area contributed by atoms with Gasteiger partial charge < -0.3 is 9.73 Å². The molecule has 1 N–H and O–H groups in total. The van der Waals surface area contributed by atoms with Crippen LogP contribution in [0.15, 0.2) is 79.9 Å². The van der Waals surface area contributed by atoms with E-state index >= 15 is 0 Å². The number of hydrogen-bond donors (Lipinski definition) is 1. The summed E-state index contributed by atoms with van der Waals surface area (Å²) in [6.07, 6.45) is -1.63. The quantitative estimate of drug-likeness (QED) is 0.351. The lowest BCUT2D eigenvalue weighted by Gasteiger charge is -2.22. The molecule has 0 saturated carbocycles. The van der Waals surface area contributed by atoms with Crippen molar-refractivity contribution in [2.75, 3.05) is 6.54 Å². The summed E-state index contributed by atoms with van der Waals surface area (Å²) >= 11 is 0. The van der Waals surface area contributed by atoms with Crippen LogP contribution in [-0.4, -0.2) is 54.9 Å². The number of nitrogens with one attached hydrogen (secondary N) is 1. The minimum Gasteiger partial charge on any atom is -0.443 e. The third kappa shape index (κ3) is 5.83. The topological polar surface area (TPSA) is 117 Å². The zero-order chi connectivity index (χ0) is 27.5. The van der Waals surface area contributed by atoms with Crippen molar-refractivity contribution in [1.29, 1.82) is 0 Å². The molecule has 0 spiro atoms. The average molecular weight is 548 g/mol. The number of fused-ring (bicyclic) bond motifs is 1. The minimum atomic E-state index is -4.52. The van der Waals surface area contributed by atoms with E-state index in [1.807, 2.05) is 0 Å². The summed E-state index contributed by atoms with van der Waals surface area (Å²) in [5.41, 5.74) is 0.242. The van der Waals surface area contributed by atoms with Crippen molar-refractivity contribution < 1.29 is 30.8 Å². The number of rotatable bonds is 7. The van der Waals surface area contributed by atoms with Gasteiger partial charge in [-0.3, -0.25) is 9.78 Å². The van der Waals surface area contributed by atoms with Crippen LogP contribution < -0.4 is 5.32 Å². The molecule has 3 heterocycles. The predicted octanol–water partition coefficient (Wildman–Crippen LogP) is 4.21. The van der Waals surface area contributed by atoms with Crippen LogP contribution in [0.4, 0.5) is 13.2 Å². The Morgan fingerprint density at radius 2 is 2.05 bits per heavy atom. The first-order valence-electron chi connectivity index (χ1n) is 11.5. The molecular formula is C25H24F3N5O4S. The maximum Gasteiger partial charge on any atom is 0.413 e. The molecule has 13 heteroatoms. The van der Waals surface area contributed by atoms with Crippen LogP contribution in [0.3, 0.4) is 0 Å². The molecule has 1 atom stereocenters. The number of nitrogens with zero attached hydrogens (tertiary/aromatic N) is 4. The molecule has 1 aliphatic rings. The number of hydrogen-bond acceptors (Lipinski definition) is 6. The fourth-order valence-corrected chi connectivity index (χ4v) is 5.55. The Bertz CT molecular complexity index is 1500. The Balaban J connectivity index is 1.47. The Kier molecular flexibility index (Phi) is 7.78. The molecule has 1 saturated heterocycles. The van der Waals surface area contributed by atoms with Gasteiger partial charge in [0.05, 0.1) is 12.2 Å². The zero-order valence-electron chi connectivity index (χ0n) is 20.3. The minimum absolute atomic E-state index is 0.0520. The van der Waals surface area contributed by atoms with Crippen molar-refractivity contribution in [3.63, 3.8) is 0 Å². The second kappa shape index (κ2) is 10.9. The normalized spacial score (nSPS) is 17.6. The molecule has 0 unspecified atom stereocenters. The largest absolute Gasteiger partial charge is 0.443 e. The van der Waals surface area contributed by atoms with Crippen molar-refractivity contribution >= 4 is 39.5 Å². The highest BCUT2D eigenvalue weighted by atomic mass is 32.2. The van der Waals surface area contributed by atoms with Crippen LogP contribution in [0, 0.1) is 0 Å². The van der Waals surface area contributed by atoms with Gasteiger partial charge in [0.25, 0.3) is 10.0 Å². The number of para-hydroxylation sites is 1. The standard InChI is InChI=1S/C25H24F3N5O4S/c1-16(25(26,27)28)14-31-23(29-2)18-9-10-30-19(12-18)15-32-24(34)20-7-5-11-33(20)38(35,36)22-13-17-6-3-4-8-21(17)37-22/h3-4,6,8-10,12-14,20H,2,5,7,11,15H2,1H3,(H,32,34)/b16-14+,31-23?/t20-/m0/s1. The molecule has 1 aromatic carbocycles. The van der Waals surface area contributed by atoms with Crippen molar-refractivity contribution in [1.82, 2.24) is 14.6 Å². The molecular weight excluding hydrogens is 523 g/mol. The molecule has 1 fully saturated rings. The van der Waals surface area contributed by atoms with Gasteiger partial charge >= 0.3 is 6.18 Å². The molecule has 0 aliphatic carbocycles. The van der Waals surface area contributed by atoms with E-state index in [1.54, 1.807) is 24.3 Å². The third-order valence-corrected chi connectivity index (χ3v) is 7.73. The molecule has 0 bridgehead atoms. The van der Waals surface area contributed by atoms with Gasteiger partial charge in [-0.05, 0) is 44.7 Å². The number of aliphatic imine (C=N–C) groups is 2. The number of carbonyl (C=O) groups excluding carboxylic acids is 1. The lowest BCUT2D eigenvalue weighted by Crippen LogP contribution is -2.45. The number of carbonyl (C=O) groups is 1. The number of benzene rings is 1. The lowest BCUT2D eigenvalue weighted by molar-refractivity contribution is -0.124. The van der Waals surface area contributed by atoms with Crippen LogP contribution in [0.2, 0.25) is 0 Å². The van der Waals surface area contributed by atoms with Gasteiger partial charge in [0.1, 0.15) is 11.6 Å². The second-order valence-electron chi connectivity index (χ2n) is 8.55. The SMILES string of the molecule is C=NC(=N/C=C(\C)C(F)(F)F)c1ccnc(CNC(=O)[C@@H]2CCCN2S(=O)(=O)c2cc3ccccc3o2)c1. The average Bonchev–Trinajstić information content (AvgIpc) is 3.56. The smallest absolute Gasteiger partial charge is 0.413 e. The first-order valence-corrected chi connectivity index (χ1v) is 13.0. The molecule has 2 aromatic heterocycles. The van der Waals surface area contributed by atoms with Crippen LogP contribution >= 0.6 is 0 Å². The zero-order valence-corrected chi connectivity index (χ0v) is 21.1. The number of aromatic nitrogens is 1. The van der Waals surface area contributed by atoms with E-state index in [0.717, 1.165) is 11.2 Å². The monoisotopic (exact) mass is 547 g/mol. The van der Waals surface area contributed by atoms with Gasteiger partial charge in [-0.2, -0.15) is 17.5 Å². The summed E-state index contributed by atoms with van der Waals surface area (Å²) in [4.78, 5) is 24.6. The van der Waals surface area contributed by atoms with Crippen molar-refractivity contribution in [2.45, 2.75) is 43.6 Å². The summed E-state index contributed by atoms with van der Waals surface area (Å²) in [6, 6.07) is 10.4. The number of pyridine rings is 1. The molecule has 1 aliphatic heterocycles. The number of halogens is 3. The number of alkyl halides is 3. The number of amides is 1. The Hall–Kier alpha value is -3.84. The van der Waals surface area contributed by atoms with Crippen LogP contribution in [0.1, 0.15) is 31.0 Å². The third-order valence-electron chi connectivity index (χ3n) is 5.97. The molecule has 38 heavy (non-hydrogen) atoms. The Labute approximate surface area is 216 Å². The molecule has 200 valence electrons. The fourth-order valence-electron chi connectivity index (χ4n) is 3.94. The lowest BCUT2D eigenvalue weighted by atomic mass is 10.2. The fraction of sp³-hybridized carbons (Fsp3) is 0.280. The summed E-state index contributed by atoms with van der Waals surface area (Å²) in [5.74, 6) is -0.559. The summed E-state index contributed by atoms with van der Waals surface area (Å²) < 4.78 is 71.4. The van der Waals surface area contributed by atoms with Gasteiger partial charge in [0.15, 0.2) is 5.84 Å². The van der Waals surface area contributed by atoms with Crippen molar-refractivity contribution in [3.05, 3.63) is 71.7 Å². The van der Waals surface area contributed by atoms with Crippen molar-refractivity contribution in [2.24, 2.45) is 9.98 Å². The Morgan fingerprint density at radius 1 is 1.29 bits per heavy atom. The van der Waals surface area contributed by atoms with E-state index in [4.69, 9.17) is 4.42 Å². The molecule has 4 rings (SSSR count). The van der Waals surface area contributed by atoms with E-state index < -0.39 is 33.7 Å². The van der Waals surface area contributed by atoms with Gasteiger partial charge in [-0.25, -0.2) is 18.4 Å². The predicted molar refractivity (Wildman–Crippen MR) is 135 cm³/mol. The van der Waals surface area contributed by atoms with Crippen LogP contribution in [0.5, 0.6) is 0 Å². The highest BCUT2D eigenvalue weighted by Gasteiger charge is 2.41. The van der Waals surface area contributed by atoms with E-state index in [2.05, 4.69) is 27.0 Å². The Morgan fingerprint density at radius 3 is 2.76 bits per heavy atom. The molecule has 9 nitrogen and oxygen atoms in total. The number of allylic oxidation sites excluding steroid dienone is 1. The maximum atomic E-state index is 13.3. The van der Waals surface area contributed by atoms with E-state index in [1.165, 1.54) is 24.4 Å². The van der Waals surface area contributed by atoms with Gasteiger partial charge in [0.2, 0.25) is 11.0 Å². The molecule has 0 radical (unpaired) electrons. The van der Waals surface area contributed by atoms with Gasteiger partial charge in [0, 0.05) is 41.5 Å². The molecule has 1 amide bonds. The van der Waals surface area contributed by atoms with E-state index in [0.29, 0.717) is 41.3 Å². The highest BCUT2D eigenvalue weighted by Crippen LogP contribution is 2.30. The van der Waals surface area contributed by atoms with Crippen LogP contribution in [0.25, 0.3) is 11.0 Å². The number of amidine groups is 1. The summed E-state index contributed by atoms with van der Waals surface area (Å²) in [6.45, 7) is 4.36. The second-order valence-corrected chi connectivity index (χ2v) is 10.4. The first kappa shape index (κ1) is 27.2. The number of sulfonamides is 1. The highest BCUT2D eigenvalue weighted by molar-refractivity contribution is 7.89. The van der Waals surface area contributed by atoms with Crippen LogP contribution in [-0.2, 0) is 21.4 Å². The summed E-state index contributed by atoms with van der Waals surface area (Å²) in [7, 11) is -4.05. The molecule has 3 aromatic rings. The maximum absolute atomic E-state index is 13.3. The van der Waals surface area contributed by atoms with Crippen molar-refractivity contribution in [3.8, 4) is 0 Å². The van der Waals surface area contributed by atoms with Gasteiger partial charge in [-0.15, -0.1) is 0 Å². The number of furan rings is 1. The van der Waals surface area contributed by atoms with E-state index in [-0.39, 0.29) is 24.0 Å². The van der Waals surface area contributed by atoms with E-state index in [9.17, 15) is 26.4 Å².